The second kappa shape index (κ2) is 6.49. The largest absolute Gasteiger partial charge is 0.379 e. The fraction of sp³-hybridized carbons (Fsp3) is 0.529. The molecule has 128 valence electrons. The van der Waals surface area contributed by atoms with Gasteiger partial charge in [-0.25, -0.2) is 9.37 Å². The van der Waals surface area contributed by atoms with E-state index in [2.05, 4.69) is 14.9 Å². The maximum Gasteiger partial charge on any atom is 0.289 e. The Bertz CT molecular complexity index is 733. The van der Waals surface area contributed by atoms with E-state index in [9.17, 15) is 9.18 Å². The number of rotatable bonds is 2. The van der Waals surface area contributed by atoms with Crippen molar-refractivity contribution in [3.05, 3.63) is 29.8 Å². The second-order valence-corrected chi connectivity index (χ2v) is 6.42. The van der Waals surface area contributed by atoms with Gasteiger partial charge in [-0.15, -0.1) is 0 Å². The summed E-state index contributed by atoms with van der Waals surface area (Å²) in [4.78, 5) is 24.2. The van der Waals surface area contributed by atoms with Crippen molar-refractivity contribution in [1.82, 2.24) is 19.8 Å². The van der Waals surface area contributed by atoms with Crippen molar-refractivity contribution in [1.29, 1.82) is 0 Å². The van der Waals surface area contributed by atoms with E-state index in [0.29, 0.717) is 22.9 Å². The van der Waals surface area contributed by atoms with E-state index < -0.39 is 0 Å². The molecule has 4 rings (SSSR count). The minimum atomic E-state index is -0.337. The topological polar surface area (TPSA) is 61.5 Å². The van der Waals surface area contributed by atoms with Gasteiger partial charge >= 0.3 is 0 Å². The fourth-order valence-electron chi connectivity index (χ4n) is 3.61. The lowest BCUT2D eigenvalue weighted by Gasteiger charge is -2.39. The number of likely N-dealkylation sites (tertiary alicyclic amines) is 1. The van der Waals surface area contributed by atoms with Gasteiger partial charge in [0.2, 0.25) is 0 Å². The minimum absolute atomic E-state index is 0.105. The standard InChI is InChI=1S/C17H21FN4O2/c18-12-1-2-14-15(11-12)20-16(19-14)17(23)22-5-3-13(4-6-22)21-7-9-24-10-8-21/h1-2,11,13H,3-10H2,(H,19,20). The van der Waals surface area contributed by atoms with Gasteiger partial charge in [0, 0.05) is 32.2 Å². The first kappa shape index (κ1) is 15.5. The molecule has 2 aliphatic rings. The lowest BCUT2D eigenvalue weighted by atomic mass is 10.0. The summed E-state index contributed by atoms with van der Waals surface area (Å²) in [6.07, 6.45) is 1.95. The van der Waals surface area contributed by atoms with E-state index in [1.54, 1.807) is 6.07 Å². The summed E-state index contributed by atoms with van der Waals surface area (Å²) in [6, 6.07) is 4.83. The van der Waals surface area contributed by atoms with E-state index in [0.717, 1.165) is 52.2 Å². The van der Waals surface area contributed by atoms with E-state index >= 15 is 0 Å². The third-order valence-electron chi connectivity index (χ3n) is 4.96. The van der Waals surface area contributed by atoms with Crippen LogP contribution in [0.4, 0.5) is 4.39 Å². The van der Waals surface area contributed by atoms with E-state index in [1.807, 2.05) is 4.90 Å². The molecule has 6 nitrogen and oxygen atoms in total. The predicted molar refractivity (Wildman–Crippen MR) is 87.4 cm³/mol. The zero-order chi connectivity index (χ0) is 16.5. The normalized spacial score (nSPS) is 20.6. The summed E-state index contributed by atoms with van der Waals surface area (Å²) in [5.74, 6) is -0.149. The maximum absolute atomic E-state index is 13.3. The Morgan fingerprint density at radius 3 is 2.71 bits per heavy atom. The van der Waals surface area contributed by atoms with E-state index in [4.69, 9.17) is 4.74 Å². The molecule has 0 spiro atoms. The van der Waals surface area contributed by atoms with Crippen molar-refractivity contribution < 1.29 is 13.9 Å². The van der Waals surface area contributed by atoms with Gasteiger partial charge in [0.15, 0.2) is 5.82 Å². The highest BCUT2D eigenvalue weighted by atomic mass is 19.1. The number of carbonyl (C=O) groups excluding carboxylic acids is 1. The highest BCUT2D eigenvalue weighted by Crippen LogP contribution is 2.20. The summed E-state index contributed by atoms with van der Waals surface area (Å²) in [7, 11) is 0. The average Bonchev–Trinajstić information content (AvgIpc) is 3.05. The number of nitrogens with one attached hydrogen (secondary N) is 1. The number of imidazole rings is 1. The van der Waals surface area contributed by atoms with Gasteiger partial charge in [-0.3, -0.25) is 9.69 Å². The van der Waals surface area contributed by atoms with Crippen LogP contribution in [-0.4, -0.2) is 71.1 Å². The molecule has 24 heavy (non-hydrogen) atoms. The summed E-state index contributed by atoms with van der Waals surface area (Å²) < 4.78 is 18.7. The van der Waals surface area contributed by atoms with Crippen LogP contribution in [0.25, 0.3) is 11.0 Å². The molecule has 7 heteroatoms. The third-order valence-corrected chi connectivity index (χ3v) is 4.96. The molecule has 3 heterocycles. The van der Waals surface area contributed by atoms with Crippen LogP contribution in [0.1, 0.15) is 23.5 Å². The highest BCUT2D eigenvalue weighted by molar-refractivity contribution is 5.94. The monoisotopic (exact) mass is 332 g/mol. The number of benzene rings is 1. The molecule has 2 aromatic rings. The summed E-state index contributed by atoms with van der Waals surface area (Å²) in [5.41, 5.74) is 1.17. The summed E-state index contributed by atoms with van der Waals surface area (Å²) in [5, 5.41) is 0. The van der Waals surface area contributed by atoms with Crippen molar-refractivity contribution >= 4 is 16.9 Å². The number of H-pyrrole nitrogens is 1. The number of hydrogen-bond donors (Lipinski definition) is 1. The Labute approximate surface area is 139 Å². The number of morpholine rings is 1. The van der Waals surface area contributed by atoms with Gasteiger partial charge in [0.05, 0.1) is 24.2 Å². The molecule has 0 aliphatic carbocycles. The van der Waals surface area contributed by atoms with Crippen LogP contribution in [0, 0.1) is 5.82 Å². The number of fused-ring (bicyclic) bond motifs is 1. The zero-order valence-corrected chi connectivity index (χ0v) is 13.5. The number of piperidine rings is 1. The van der Waals surface area contributed by atoms with Crippen LogP contribution < -0.4 is 0 Å². The Hall–Kier alpha value is -1.99. The van der Waals surface area contributed by atoms with Gasteiger partial charge in [-0.1, -0.05) is 0 Å². The molecule has 2 fully saturated rings. The van der Waals surface area contributed by atoms with Crippen LogP contribution >= 0.6 is 0 Å². The molecule has 0 bridgehead atoms. The second-order valence-electron chi connectivity index (χ2n) is 6.42. The molecule has 2 aliphatic heterocycles. The average molecular weight is 332 g/mol. The molecule has 0 atom stereocenters. The Balaban J connectivity index is 1.41. The van der Waals surface area contributed by atoms with E-state index in [-0.39, 0.29) is 11.7 Å². The number of halogens is 1. The first-order valence-corrected chi connectivity index (χ1v) is 8.47. The maximum atomic E-state index is 13.3. The quantitative estimate of drug-likeness (QED) is 0.908. The van der Waals surface area contributed by atoms with Crippen molar-refractivity contribution in [3.8, 4) is 0 Å². The van der Waals surface area contributed by atoms with Crippen molar-refractivity contribution in [2.75, 3.05) is 39.4 Å². The molecular formula is C17H21FN4O2. The van der Waals surface area contributed by atoms with Gasteiger partial charge in [0.1, 0.15) is 5.82 Å². The Morgan fingerprint density at radius 1 is 1.21 bits per heavy atom. The smallest absolute Gasteiger partial charge is 0.289 e. The minimum Gasteiger partial charge on any atom is -0.379 e. The van der Waals surface area contributed by atoms with E-state index in [1.165, 1.54) is 12.1 Å². The van der Waals surface area contributed by atoms with Crippen molar-refractivity contribution in [2.45, 2.75) is 18.9 Å². The number of hydrogen-bond acceptors (Lipinski definition) is 4. The Morgan fingerprint density at radius 2 is 1.96 bits per heavy atom. The first-order chi connectivity index (χ1) is 11.7. The predicted octanol–water partition coefficient (Wildman–Crippen LogP) is 1.64. The number of nitrogens with zero attached hydrogens (tertiary/aromatic N) is 3. The molecule has 2 saturated heterocycles. The highest BCUT2D eigenvalue weighted by Gasteiger charge is 2.29. The van der Waals surface area contributed by atoms with Crippen LogP contribution in [0.15, 0.2) is 18.2 Å². The molecule has 1 aromatic heterocycles. The number of ether oxygens (including phenoxy) is 1. The van der Waals surface area contributed by atoms with Gasteiger partial charge in [-0.05, 0) is 31.0 Å². The number of carbonyl (C=O) groups is 1. The van der Waals surface area contributed by atoms with Gasteiger partial charge in [-0.2, -0.15) is 0 Å². The first-order valence-electron chi connectivity index (χ1n) is 8.47. The fourth-order valence-corrected chi connectivity index (χ4v) is 3.61. The van der Waals surface area contributed by atoms with Crippen molar-refractivity contribution in [2.24, 2.45) is 0 Å². The van der Waals surface area contributed by atoms with Crippen LogP contribution in [0.5, 0.6) is 0 Å². The van der Waals surface area contributed by atoms with Gasteiger partial charge < -0.3 is 14.6 Å². The molecule has 0 radical (unpaired) electrons. The third kappa shape index (κ3) is 3.01. The lowest BCUT2D eigenvalue weighted by Crippen LogP contribution is -2.50. The summed E-state index contributed by atoms with van der Waals surface area (Å²) in [6.45, 7) is 5.02. The molecular weight excluding hydrogens is 311 g/mol. The Kier molecular flexibility index (Phi) is 4.20. The molecule has 0 saturated carbocycles. The van der Waals surface area contributed by atoms with Crippen LogP contribution in [0.3, 0.4) is 0 Å². The van der Waals surface area contributed by atoms with Crippen LogP contribution in [0.2, 0.25) is 0 Å². The van der Waals surface area contributed by atoms with Crippen molar-refractivity contribution in [3.63, 3.8) is 0 Å². The molecule has 0 unspecified atom stereocenters. The van der Waals surface area contributed by atoms with Crippen LogP contribution in [-0.2, 0) is 4.74 Å². The molecule has 1 aromatic carbocycles. The molecule has 1 N–H and O–H groups in total. The lowest BCUT2D eigenvalue weighted by molar-refractivity contribution is 0.00148. The molecule has 1 amide bonds. The zero-order valence-electron chi connectivity index (χ0n) is 13.5. The SMILES string of the molecule is O=C(c1nc2ccc(F)cc2[nH]1)N1CCC(N2CCOCC2)CC1. The summed E-state index contributed by atoms with van der Waals surface area (Å²) >= 11 is 0. The number of aromatic nitrogens is 2. The number of amides is 1. The number of aromatic amines is 1. The van der Waals surface area contributed by atoms with Gasteiger partial charge in [0.25, 0.3) is 5.91 Å².